The molecule has 0 spiro atoms. The van der Waals surface area contributed by atoms with Crippen LogP contribution in [0.25, 0.3) is 33.5 Å². The number of imidazole rings is 1. The third kappa shape index (κ3) is 1.66. The van der Waals surface area contributed by atoms with Gasteiger partial charge in [0.15, 0.2) is 5.82 Å². The molecule has 4 nitrogen and oxygen atoms in total. The average molecular weight is 313 g/mol. The summed E-state index contributed by atoms with van der Waals surface area (Å²) >= 11 is 3.46. The Morgan fingerprint density at radius 1 is 1.00 bits per heavy atom. The number of nitrogens with zero attached hydrogens (tertiary/aromatic N) is 2. The standard InChI is InChI=1S/C14H9BrN4/c15-8-5-6-11-12(7-8)17-14(16-11)13-9-3-1-2-4-10(9)18-19-13/h1-7H,(H,16,17)(H,18,19). The fourth-order valence-electron chi connectivity index (χ4n) is 2.24. The molecule has 0 amide bonds. The summed E-state index contributed by atoms with van der Waals surface area (Å²) in [7, 11) is 0. The lowest BCUT2D eigenvalue weighted by Crippen LogP contribution is -1.80. The number of halogens is 1. The monoisotopic (exact) mass is 312 g/mol. The van der Waals surface area contributed by atoms with Crippen LogP contribution in [-0.2, 0) is 0 Å². The van der Waals surface area contributed by atoms with Crippen LogP contribution in [0.4, 0.5) is 0 Å². The van der Waals surface area contributed by atoms with Crippen molar-refractivity contribution in [3.8, 4) is 11.5 Å². The van der Waals surface area contributed by atoms with E-state index in [2.05, 4.69) is 36.1 Å². The van der Waals surface area contributed by atoms with Crippen molar-refractivity contribution in [1.82, 2.24) is 20.2 Å². The van der Waals surface area contributed by atoms with Crippen LogP contribution in [0, 0.1) is 0 Å². The Morgan fingerprint density at radius 3 is 2.84 bits per heavy atom. The van der Waals surface area contributed by atoms with E-state index in [-0.39, 0.29) is 0 Å². The predicted octanol–water partition coefficient (Wildman–Crippen LogP) is 3.87. The van der Waals surface area contributed by atoms with Gasteiger partial charge in [0.1, 0.15) is 5.69 Å². The minimum absolute atomic E-state index is 0.783. The van der Waals surface area contributed by atoms with Crippen LogP contribution in [0.15, 0.2) is 46.9 Å². The van der Waals surface area contributed by atoms with Gasteiger partial charge in [0.2, 0.25) is 0 Å². The SMILES string of the molecule is Brc1ccc2nc(-c3n[nH]c4ccccc34)[nH]c2c1. The third-order valence-electron chi connectivity index (χ3n) is 3.14. The van der Waals surface area contributed by atoms with Gasteiger partial charge in [0.05, 0.1) is 16.6 Å². The number of benzene rings is 2. The predicted molar refractivity (Wildman–Crippen MR) is 78.9 cm³/mol. The number of aromatic amines is 2. The Bertz CT molecular complexity index is 891. The molecule has 2 aromatic carbocycles. The van der Waals surface area contributed by atoms with E-state index in [0.717, 1.165) is 37.9 Å². The van der Waals surface area contributed by atoms with Gasteiger partial charge in [-0.3, -0.25) is 5.10 Å². The zero-order valence-electron chi connectivity index (χ0n) is 9.81. The quantitative estimate of drug-likeness (QED) is 0.560. The summed E-state index contributed by atoms with van der Waals surface area (Å²) in [6.07, 6.45) is 0. The molecule has 0 saturated heterocycles. The second-order valence-electron chi connectivity index (χ2n) is 4.36. The van der Waals surface area contributed by atoms with E-state index in [0.29, 0.717) is 0 Å². The number of aromatic nitrogens is 4. The molecule has 2 heterocycles. The molecule has 4 aromatic rings. The van der Waals surface area contributed by atoms with Crippen molar-refractivity contribution in [2.45, 2.75) is 0 Å². The summed E-state index contributed by atoms with van der Waals surface area (Å²) < 4.78 is 1.03. The van der Waals surface area contributed by atoms with Crippen molar-refractivity contribution < 1.29 is 0 Å². The Kier molecular flexibility index (Phi) is 2.22. The van der Waals surface area contributed by atoms with Gasteiger partial charge in [0, 0.05) is 9.86 Å². The molecule has 0 aliphatic rings. The van der Waals surface area contributed by atoms with E-state index in [4.69, 9.17) is 0 Å². The largest absolute Gasteiger partial charge is 0.337 e. The first-order valence-electron chi connectivity index (χ1n) is 5.90. The first-order valence-corrected chi connectivity index (χ1v) is 6.69. The van der Waals surface area contributed by atoms with Gasteiger partial charge in [0.25, 0.3) is 0 Å². The van der Waals surface area contributed by atoms with Crippen molar-refractivity contribution in [1.29, 1.82) is 0 Å². The molecular weight excluding hydrogens is 304 g/mol. The van der Waals surface area contributed by atoms with Gasteiger partial charge in [-0.15, -0.1) is 0 Å². The zero-order valence-corrected chi connectivity index (χ0v) is 11.4. The first kappa shape index (κ1) is 10.8. The van der Waals surface area contributed by atoms with Gasteiger partial charge in [-0.2, -0.15) is 5.10 Å². The number of nitrogens with one attached hydrogen (secondary N) is 2. The van der Waals surface area contributed by atoms with Gasteiger partial charge < -0.3 is 4.98 Å². The molecule has 0 radical (unpaired) electrons. The highest BCUT2D eigenvalue weighted by molar-refractivity contribution is 9.10. The van der Waals surface area contributed by atoms with Crippen LogP contribution < -0.4 is 0 Å². The van der Waals surface area contributed by atoms with Crippen molar-refractivity contribution in [3.05, 3.63) is 46.9 Å². The normalized spacial score (nSPS) is 11.4. The molecule has 0 unspecified atom stereocenters. The number of para-hydroxylation sites is 1. The number of H-pyrrole nitrogens is 2. The van der Waals surface area contributed by atoms with Crippen molar-refractivity contribution in [3.63, 3.8) is 0 Å². The molecule has 0 bridgehead atoms. The molecule has 2 N–H and O–H groups in total. The molecule has 0 saturated carbocycles. The summed E-state index contributed by atoms with van der Waals surface area (Å²) in [5, 5.41) is 8.45. The lowest BCUT2D eigenvalue weighted by molar-refractivity contribution is 1.11. The zero-order chi connectivity index (χ0) is 12.8. The Morgan fingerprint density at radius 2 is 1.89 bits per heavy atom. The summed E-state index contributed by atoms with van der Waals surface area (Å²) in [4.78, 5) is 7.89. The van der Waals surface area contributed by atoms with Crippen molar-refractivity contribution >= 4 is 37.9 Å². The fourth-order valence-corrected chi connectivity index (χ4v) is 2.60. The van der Waals surface area contributed by atoms with E-state index < -0.39 is 0 Å². The van der Waals surface area contributed by atoms with Crippen LogP contribution in [0.2, 0.25) is 0 Å². The highest BCUT2D eigenvalue weighted by atomic mass is 79.9. The van der Waals surface area contributed by atoms with E-state index in [1.165, 1.54) is 0 Å². The van der Waals surface area contributed by atoms with E-state index >= 15 is 0 Å². The maximum atomic E-state index is 4.59. The maximum absolute atomic E-state index is 4.59. The molecule has 92 valence electrons. The summed E-state index contributed by atoms with van der Waals surface area (Å²) in [6, 6.07) is 14.0. The average Bonchev–Trinajstić information content (AvgIpc) is 3.00. The molecule has 0 aliphatic carbocycles. The lowest BCUT2D eigenvalue weighted by Gasteiger charge is -1.91. The van der Waals surface area contributed by atoms with Crippen molar-refractivity contribution in [2.24, 2.45) is 0 Å². The minimum Gasteiger partial charge on any atom is -0.337 e. The first-order chi connectivity index (χ1) is 9.31. The number of rotatable bonds is 1. The molecule has 4 rings (SSSR count). The highest BCUT2D eigenvalue weighted by Gasteiger charge is 2.11. The molecule has 0 aliphatic heterocycles. The Labute approximate surface area is 117 Å². The van der Waals surface area contributed by atoms with Crippen LogP contribution in [0.5, 0.6) is 0 Å². The van der Waals surface area contributed by atoms with E-state index in [9.17, 15) is 0 Å². The highest BCUT2D eigenvalue weighted by Crippen LogP contribution is 2.26. The van der Waals surface area contributed by atoms with Crippen molar-refractivity contribution in [2.75, 3.05) is 0 Å². The van der Waals surface area contributed by atoms with Crippen LogP contribution in [0.1, 0.15) is 0 Å². The maximum Gasteiger partial charge on any atom is 0.159 e. The summed E-state index contributed by atoms with van der Waals surface area (Å²) in [6.45, 7) is 0. The summed E-state index contributed by atoms with van der Waals surface area (Å²) in [5.41, 5.74) is 3.80. The number of fused-ring (bicyclic) bond motifs is 2. The topological polar surface area (TPSA) is 57.4 Å². The Balaban J connectivity index is 1.99. The number of hydrogen-bond donors (Lipinski definition) is 2. The van der Waals surface area contributed by atoms with Gasteiger partial charge >= 0.3 is 0 Å². The molecule has 5 heteroatoms. The smallest absolute Gasteiger partial charge is 0.159 e. The van der Waals surface area contributed by atoms with Crippen LogP contribution in [-0.4, -0.2) is 20.2 Å². The fraction of sp³-hybridized carbons (Fsp3) is 0. The second kappa shape index (κ2) is 3.93. The molecule has 2 aromatic heterocycles. The number of hydrogen-bond acceptors (Lipinski definition) is 2. The Hall–Kier alpha value is -2.14. The second-order valence-corrected chi connectivity index (χ2v) is 5.28. The van der Waals surface area contributed by atoms with E-state index in [1.807, 2.05) is 42.5 Å². The van der Waals surface area contributed by atoms with Gasteiger partial charge in [-0.25, -0.2) is 4.98 Å². The van der Waals surface area contributed by atoms with Gasteiger partial charge in [-0.05, 0) is 24.3 Å². The van der Waals surface area contributed by atoms with Crippen LogP contribution in [0.3, 0.4) is 0 Å². The van der Waals surface area contributed by atoms with Gasteiger partial charge in [-0.1, -0.05) is 34.1 Å². The molecule has 0 fully saturated rings. The minimum atomic E-state index is 0.783. The molecule has 0 atom stereocenters. The van der Waals surface area contributed by atoms with Crippen LogP contribution >= 0.6 is 15.9 Å². The molecule has 19 heavy (non-hydrogen) atoms. The van der Waals surface area contributed by atoms with E-state index in [1.54, 1.807) is 0 Å². The summed E-state index contributed by atoms with van der Waals surface area (Å²) in [5.74, 6) is 0.783. The molecular formula is C14H9BrN4. The lowest BCUT2D eigenvalue weighted by atomic mass is 10.2. The third-order valence-corrected chi connectivity index (χ3v) is 3.63.